The number of aliphatic hydroxyl groups excluding tert-OH is 1. The minimum absolute atomic E-state index is 0.0404. The van der Waals surface area contributed by atoms with Crippen molar-refractivity contribution >= 4 is 0 Å². The summed E-state index contributed by atoms with van der Waals surface area (Å²) < 4.78 is 80.0. The molecule has 0 amide bonds. The van der Waals surface area contributed by atoms with Gasteiger partial charge in [0.1, 0.15) is 0 Å². The van der Waals surface area contributed by atoms with Crippen LogP contribution in [0.25, 0.3) is 0 Å². The normalized spacial score (nSPS) is 32.1. The third kappa shape index (κ3) is 7.80. The number of alkyl halides is 6. The average Bonchev–Trinajstić information content (AvgIpc) is 3.18. The van der Waals surface area contributed by atoms with Crippen LogP contribution >= 0.6 is 0 Å². The van der Waals surface area contributed by atoms with Crippen molar-refractivity contribution < 1.29 is 41.7 Å². The van der Waals surface area contributed by atoms with Gasteiger partial charge in [0.15, 0.2) is 0 Å². The predicted octanol–water partition coefficient (Wildman–Crippen LogP) is 8.74. The molecule has 41 heavy (non-hydrogen) atoms. The van der Waals surface area contributed by atoms with Gasteiger partial charge in [0.2, 0.25) is 0 Å². The van der Waals surface area contributed by atoms with Crippen molar-refractivity contribution in [2.45, 2.75) is 141 Å². The third-order valence-electron chi connectivity index (χ3n) is 10.2. The van der Waals surface area contributed by atoms with Gasteiger partial charge in [-0.2, -0.15) is 26.3 Å². The molecule has 3 rings (SSSR count). The van der Waals surface area contributed by atoms with Crippen LogP contribution in [-0.2, 0) is 0 Å². The van der Waals surface area contributed by atoms with Crippen LogP contribution in [0.3, 0.4) is 0 Å². The summed E-state index contributed by atoms with van der Waals surface area (Å²) in [6.45, 7) is 7.53. The standard InChI is InChI=1S/C32H48F6O3/c1-27(2,40)16-7-17-28(3,18-8-20-30(41,31(33,34)35)32(36,37)38)26-15-14-25-23(10-6-19-29(25,26)4)13-12-22-9-5-11-24(39)21-22/h8,12-13,20,24-26,39-41H,5-7,9-11,14-19,21H2,1-4H3/b20-8-,22-12-,23-13+/t24-,25?,26?,28-,29-/m0/s1. The zero-order valence-electron chi connectivity index (χ0n) is 24.8. The number of halogens is 6. The Morgan fingerprint density at radius 2 is 1.54 bits per heavy atom. The van der Waals surface area contributed by atoms with E-state index in [-0.39, 0.29) is 35.9 Å². The largest absolute Gasteiger partial charge is 0.429 e. The van der Waals surface area contributed by atoms with Gasteiger partial charge in [-0.1, -0.05) is 49.6 Å². The molecule has 0 aromatic carbocycles. The Labute approximate surface area is 240 Å². The van der Waals surface area contributed by atoms with E-state index in [9.17, 15) is 41.7 Å². The molecule has 3 aliphatic rings. The monoisotopic (exact) mass is 594 g/mol. The molecular formula is C32H48F6O3. The van der Waals surface area contributed by atoms with E-state index in [1.165, 1.54) is 11.1 Å². The highest BCUT2D eigenvalue weighted by Crippen LogP contribution is 2.64. The van der Waals surface area contributed by atoms with Crippen molar-refractivity contribution in [3.63, 3.8) is 0 Å². The van der Waals surface area contributed by atoms with Crippen LogP contribution in [0.5, 0.6) is 0 Å². The van der Waals surface area contributed by atoms with Crippen molar-refractivity contribution in [1.29, 1.82) is 0 Å². The lowest BCUT2D eigenvalue weighted by atomic mass is 9.55. The molecule has 0 saturated heterocycles. The van der Waals surface area contributed by atoms with Gasteiger partial charge >= 0.3 is 12.4 Å². The second-order valence-electron chi connectivity index (χ2n) is 14.0. The highest BCUT2D eigenvalue weighted by Gasteiger charge is 2.69. The summed E-state index contributed by atoms with van der Waals surface area (Å²) in [5.74, 6) is 0.315. The Balaban J connectivity index is 1.90. The summed E-state index contributed by atoms with van der Waals surface area (Å²) in [4.78, 5) is 0. The summed E-state index contributed by atoms with van der Waals surface area (Å²) in [6, 6.07) is 0. The smallest absolute Gasteiger partial charge is 0.393 e. The first-order chi connectivity index (χ1) is 18.7. The second-order valence-corrected chi connectivity index (χ2v) is 14.0. The van der Waals surface area contributed by atoms with Crippen molar-refractivity contribution in [3.05, 3.63) is 35.5 Å². The Bertz CT molecular complexity index is 975. The number of hydrogen-bond donors (Lipinski definition) is 3. The van der Waals surface area contributed by atoms with Crippen molar-refractivity contribution in [1.82, 2.24) is 0 Å². The molecule has 0 radical (unpaired) electrons. The van der Waals surface area contributed by atoms with Crippen LogP contribution in [0, 0.1) is 22.7 Å². The lowest BCUT2D eigenvalue weighted by Crippen LogP contribution is -2.55. The van der Waals surface area contributed by atoms with Gasteiger partial charge in [-0.15, -0.1) is 0 Å². The van der Waals surface area contributed by atoms with Gasteiger partial charge in [0.25, 0.3) is 5.60 Å². The molecule has 0 aliphatic heterocycles. The molecule has 3 N–H and O–H groups in total. The molecule has 0 heterocycles. The molecule has 2 unspecified atom stereocenters. The molecule has 9 heteroatoms. The molecule has 236 valence electrons. The maximum Gasteiger partial charge on any atom is 0.429 e. The fourth-order valence-electron chi connectivity index (χ4n) is 8.02. The number of rotatable bonds is 9. The SMILES string of the molecule is CC(C)(O)CCC[C@@](C)(C/C=C\C(O)(C(F)(F)F)C(F)(F)F)C1CCC2/C(=C/C=C3/CCC[C@H](O)C3)CCC[C@@]21C. The van der Waals surface area contributed by atoms with E-state index in [4.69, 9.17) is 0 Å². The number of hydrogen-bond acceptors (Lipinski definition) is 3. The van der Waals surface area contributed by atoms with Gasteiger partial charge in [-0.05, 0) is 120 Å². The van der Waals surface area contributed by atoms with Crippen LogP contribution in [0.15, 0.2) is 35.5 Å². The highest BCUT2D eigenvalue weighted by molar-refractivity contribution is 5.26. The molecule has 5 atom stereocenters. The van der Waals surface area contributed by atoms with Crippen LogP contribution in [-0.4, -0.2) is 45.0 Å². The summed E-state index contributed by atoms with van der Waals surface area (Å²) in [6.07, 6.45) is 2.54. The summed E-state index contributed by atoms with van der Waals surface area (Å²) >= 11 is 0. The number of aliphatic hydroxyl groups is 3. The summed E-state index contributed by atoms with van der Waals surface area (Å²) in [5, 5.41) is 30.0. The van der Waals surface area contributed by atoms with E-state index >= 15 is 0 Å². The van der Waals surface area contributed by atoms with E-state index in [0.717, 1.165) is 57.4 Å². The Kier molecular flexibility index (Phi) is 10.3. The van der Waals surface area contributed by atoms with Gasteiger partial charge < -0.3 is 15.3 Å². The zero-order valence-corrected chi connectivity index (χ0v) is 24.8. The number of allylic oxidation sites excluding steroid dienone is 4. The maximum absolute atomic E-state index is 13.3. The molecule has 0 bridgehead atoms. The van der Waals surface area contributed by atoms with E-state index in [2.05, 4.69) is 19.1 Å². The molecular weight excluding hydrogens is 546 g/mol. The minimum Gasteiger partial charge on any atom is -0.393 e. The summed E-state index contributed by atoms with van der Waals surface area (Å²) in [5.41, 5.74) is -4.06. The molecule has 3 nitrogen and oxygen atoms in total. The first-order valence-electron chi connectivity index (χ1n) is 15.0. The lowest BCUT2D eigenvalue weighted by molar-refractivity contribution is -0.347. The molecule has 3 aliphatic carbocycles. The van der Waals surface area contributed by atoms with E-state index in [1.807, 2.05) is 6.92 Å². The van der Waals surface area contributed by atoms with E-state index in [0.29, 0.717) is 25.7 Å². The van der Waals surface area contributed by atoms with E-state index in [1.54, 1.807) is 13.8 Å². The van der Waals surface area contributed by atoms with Crippen LogP contribution in [0.4, 0.5) is 26.3 Å². The molecule has 0 aromatic heterocycles. The average molecular weight is 595 g/mol. The van der Waals surface area contributed by atoms with Crippen molar-refractivity contribution in [2.24, 2.45) is 22.7 Å². The van der Waals surface area contributed by atoms with Crippen LogP contribution < -0.4 is 0 Å². The van der Waals surface area contributed by atoms with Gasteiger partial charge in [-0.3, -0.25) is 0 Å². The summed E-state index contributed by atoms with van der Waals surface area (Å²) in [7, 11) is 0. The minimum atomic E-state index is -5.89. The van der Waals surface area contributed by atoms with Crippen molar-refractivity contribution in [3.8, 4) is 0 Å². The highest BCUT2D eigenvalue weighted by atomic mass is 19.4. The van der Waals surface area contributed by atoms with Gasteiger partial charge in [-0.25, -0.2) is 0 Å². The molecule has 0 spiro atoms. The van der Waals surface area contributed by atoms with Crippen LogP contribution in [0.1, 0.15) is 111 Å². The Morgan fingerprint density at radius 1 is 0.878 bits per heavy atom. The first-order valence-corrected chi connectivity index (χ1v) is 15.0. The fourth-order valence-corrected chi connectivity index (χ4v) is 8.02. The second kappa shape index (κ2) is 12.4. The van der Waals surface area contributed by atoms with Gasteiger partial charge in [0.05, 0.1) is 11.7 Å². The Morgan fingerprint density at radius 3 is 2.12 bits per heavy atom. The van der Waals surface area contributed by atoms with Gasteiger partial charge in [0, 0.05) is 0 Å². The number of fused-ring (bicyclic) bond motifs is 1. The van der Waals surface area contributed by atoms with Crippen LogP contribution in [0.2, 0.25) is 0 Å². The molecule has 3 fully saturated rings. The quantitative estimate of drug-likeness (QED) is 0.185. The maximum atomic E-state index is 13.3. The van der Waals surface area contributed by atoms with Crippen molar-refractivity contribution in [2.75, 3.05) is 0 Å². The zero-order chi connectivity index (χ0) is 30.9. The fraction of sp³-hybridized carbons (Fsp3) is 0.812. The topological polar surface area (TPSA) is 60.7 Å². The lowest BCUT2D eigenvalue weighted by Gasteiger charge is -2.49. The Hall–Kier alpha value is -1.32. The molecule has 3 saturated carbocycles. The van der Waals surface area contributed by atoms with E-state index < -0.39 is 29.0 Å². The third-order valence-corrected chi connectivity index (χ3v) is 10.2. The molecule has 0 aromatic rings. The first kappa shape index (κ1) is 34.2. The predicted molar refractivity (Wildman–Crippen MR) is 148 cm³/mol.